The first kappa shape index (κ1) is 13.5. The lowest BCUT2D eigenvalue weighted by atomic mass is 9.99. The fourth-order valence-corrected chi connectivity index (χ4v) is 1.88. The van der Waals surface area contributed by atoms with Crippen LogP contribution in [-0.2, 0) is 0 Å². The Kier molecular flexibility index (Phi) is 4.12. The fourth-order valence-electron chi connectivity index (χ4n) is 1.88. The van der Waals surface area contributed by atoms with Gasteiger partial charge in [-0.1, -0.05) is 24.3 Å². The zero-order chi connectivity index (χ0) is 13.8. The van der Waals surface area contributed by atoms with Crippen LogP contribution < -0.4 is 10.5 Å². The van der Waals surface area contributed by atoms with Crippen LogP contribution in [0.4, 0.5) is 8.78 Å². The molecule has 0 heterocycles. The lowest BCUT2D eigenvalue weighted by Gasteiger charge is -2.14. The molecule has 0 aliphatic carbocycles. The summed E-state index contributed by atoms with van der Waals surface area (Å²) in [6.07, 6.45) is 0. The Labute approximate surface area is 110 Å². The second-order valence-electron chi connectivity index (χ2n) is 4.12. The van der Waals surface area contributed by atoms with Crippen molar-refractivity contribution in [2.24, 2.45) is 5.73 Å². The number of nitrogens with two attached hydrogens (primary N) is 1. The van der Waals surface area contributed by atoms with Gasteiger partial charge in [0, 0.05) is 5.56 Å². The van der Waals surface area contributed by atoms with Crippen molar-refractivity contribution >= 4 is 0 Å². The molecule has 1 atom stereocenters. The highest BCUT2D eigenvalue weighted by atomic mass is 19.2. The third kappa shape index (κ3) is 2.90. The molecule has 2 nitrogen and oxygen atoms in total. The van der Waals surface area contributed by atoms with Crippen LogP contribution in [0.3, 0.4) is 0 Å². The molecule has 1 unspecified atom stereocenters. The van der Waals surface area contributed by atoms with Gasteiger partial charge in [0.1, 0.15) is 5.75 Å². The van der Waals surface area contributed by atoms with Gasteiger partial charge in [-0.2, -0.15) is 0 Å². The summed E-state index contributed by atoms with van der Waals surface area (Å²) in [6.45, 7) is 2.46. The predicted octanol–water partition coefficient (Wildman–Crippen LogP) is 3.41. The molecular formula is C15H15F2NO. The molecule has 0 bridgehead atoms. The molecule has 0 fully saturated rings. The molecule has 2 N–H and O–H groups in total. The Morgan fingerprint density at radius 1 is 1.11 bits per heavy atom. The molecule has 0 aliphatic heterocycles. The van der Waals surface area contributed by atoms with E-state index in [0.29, 0.717) is 12.2 Å². The van der Waals surface area contributed by atoms with Crippen LogP contribution in [-0.4, -0.2) is 6.61 Å². The molecule has 2 aromatic rings. The minimum atomic E-state index is -0.899. The quantitative estimate of drug-likeness (QED) is 0.917. The van der Waals surface area contributed by atoms with Gasteiger partial charge < -0.3 is 10.5 Å². The summed E-state index contributed by atoms with van der Waals surface area (Å²) in [4.78, 5) is 0. The number of hydrogen-bond acceptors (Lipinski definition) is 2. The molecule has 0 radical (unpaired) electrons. The van der Waals surface area contributed by atoms with Crippen molar-refractivity contribution in [1.82, 2.24) is 0 Å². The van der Waals surface area contributed by atoms with E-state index in [-0.39, 0.29) is 5.56 Å². The van der Waals surface area contributed by atoms with E-state index in [1.54, 1.807) is 24.3 Å². The second-order valence-corrected chi connectivity index (χ2v) is 4.12. The number of hydrogen-bond donors (Lipinski definition) is 1. The van der Waals surface area contributed by atoms with Gasteiger partial charge in [0.2, 0.25) is 0 Å². The van der Waals surface area contributed by atoms with Gasteiger partial charge in [-0.3, -0.25) is 0 Å². The highest BCUT2D eigenvalue weighted by molar-refractivity contribution is 5.35. The standard InChI is InChI=1S/C15H15F2NO/c1-2-19-11-8-6-10(7-9-11)15(18)12-4-3-5-13(16)14(12)17/h3-9,15H,2,18H2,1H3. The normalized spacial score (nSPS) is 12.2. The topological polar surface area (TPSA) is 35.2 Å². The molecule has 0 amide bonds. The molecule has 0 aliphatic rings. The first-order chi connectivity index (χ1) is 9.13. The SMILES string of the molecule is CCOc1ccc(C(N)c2cccc(F)c2F)cc1. The maximum atomic E-state index is 13.7. The largest absolute Gasteiger partial charge is 0.494 e. The number of halogens is 2. The molecule has 2 rings (SSSR count). The molecule has 100 valence electrons. The van der Waals surface area contributed by atoms with Crippen molar-refractivity contribution in [3.63, 3.8) is 0 Å². The molecule has 0 spiro atoms. The molecule has 0 saturated heterocycles. The maximum absolute atomic E-state index is 13.7. The molecule has 4 heteroatoms. The van der Waals surface area contributed by atoms with Gasteiger partial charge in [0.05, 0.1) is 12.6 Å². The van der Waals surface area contributed by atoms with E-state index in [0.717, 1.165) is 11.8 Å². The van der Waals surface area contributed by atoms with E-state index in [1.165, 1.54) is 12.1 Å². The number of rotatable bonds is 4. The lowest BCUT2D eigenvalue weighted by Crippen LogP contribution is -2.14. The van der Waals surface area contributed by atoms with Gasteiger partial charge in [-0.15, -0.1) is 0 Å². The van der Waals surface area contributed by atoms with E-state index in [2.05, 4.69) is 0 Å². The smallest absolute Gasteiger partial charge is 0.163 e. The van der Waals surface area contributed by atoms with E-state index < -0.39 is 17.7 Å². The monoisotopic (exact) mass is 263 g/mol. The van der Waals surface area contributed by atoms with Gasteiger partial charge >= 0.3 is 0 Å². The van der Waals surface area contributed by atoms with Crippen molar-refractivity contribution in [3.05, 3.63) is 65.2 Å². The predicted molar refractivity (Wildman–Crippen MR) is 70.0 cm³/mol. The Morgan fingerprint density at radius 2 is 1.79 bits per heavy atom. The summed E-state index contributed by atoms with van der Waals surface area (Å²) in [5.41, 5.74) is 6.81. The van der Waals surface area contributed by atoms with E-state index in [1.807, 2.05) is 6.92 Å². The summed E-state index contributed by atoms with van der Waals surface area (Å²) < 4.78 is 32.1. The number of benzene rings is 2. The van der Waals surface area contributed by atoms with E-state index in [4.69, 9.17) is 10.5 Å². The minimum Gasteiger partial charge on any atom is -0.494 e. The lowest BCUT2D eigenvalue weighted by molar-refractivity contribution is 0.340. The van der Waals surface area contributed by atoms with Crippen molar-refractivity contribution in [1.29, 1.82) is 0 Å². The van der Waals surface area contributed by atoms with Crippen molar-refractivity contribution < 1.29 is 13.5 Å². The minimum absolute atomic E-state index is 0.143. The Morgan fingerprint density at radius 3 is 2.42 bits per heavy atom. The summed E-state index contributed by atoms with van der Waals surface area (Å²) >= 11 is 0. The molecule has 0 saturated carbocycles. The average Bonchev–Trinajstić information content (AvgIpc) is 2.42. The Balaban J connectivity index is 2.28. The van der Waals surface area contributed by atoms with Gasteiger partial charge in [-0.05, 0) is 30.7 Å². The van der Waals surface area contributed by atoms with Crippen LogP contribution in [0.25, 0.3) is 0 Å². The van der Waals surface area contributed by atoms with Crippen molar-refractivity contribution in [2.45, 2.75) is 13.0 Å². The zero-order valence-corrected chi connectivity index (χ0v) is 10.6. The molecular weight excluding hydrogens is 248 g/mol. The Bertz CT molecular complexity index is 555. The Hall–Kier alpha value is -1.94. The van der Waals surface area contributed by atoms with Crippen LogP contribution >= 0.6 is 0 Å². The molecule has 19 heavy (non-hydrogen) atoms. The summed E-state index contributed by atoms with van der Waals surface area (Å²) in [5, 5.41) is 0. The third-order valence-corrected chi connectivity index (χ3v) is 2.87. The molecule has 0 aromatic heterocycles. The van der Waals surface area contributed by atoms with Crippen LogP contribution in [0.5, 0.6) is 5.75 Å². The van der Waals surface area contributed by atoms with Gasteiger partial charge in [0.25, 0.3) is 0 Å². The second kappa shape index (κ2) is 5.80. The van der Waals surface area contributed by atoms with Crippen LogP contribution in [0.1, 0.15) is 24.1 Å². The van der Waals surface area contributed by atoms with Gasteiger partial charge in [0.15, 0.2) is 11.6 Å². The van der Waals surface area contributed by atoms with Gasteiger partial charge in [-0.25, -0.2) is 8.78 Å². The highest BCUT2D eigenvalue weighted by Gasteiger charge is 2.16. The molecule has 2 aromatic carbocycles. The highest BCUT2D eigenvalue weighted by Crippen LogP contribution is 2.25. The summed E-state index contributed by atoms with van der Waals surface area (Å²) in [7, 11) is 0. The maximum Gasteiger partial charge on any atom is 0.163 e. The van der Waals surface area contributed by atoms with E-state index in [9.17, 15) is 8.78 Å². The first-order valence-corrected chi connectivity index (χ1v) is 6.05. The zero-order valence-electron chi connectivity index (χ0n) is 10.6. The van der Waals surface area contributed by atoms with E-state index >= 15 is 0 Å². The van der Waals surface area contributed by atoms with Crippen LogP contribution in [0, 0.1) is 11.6 Å². The fraction of sp³-hybridized carbons (Fsp3) is 0.200. The van der Waals surface area contributed by atoms with Crippen molar-refractivity contribution in [2.75, 3.05) is 6.61 Å². The van der Waals surface area contributed by atoms with Crippen molar-refractivity contribution in [3.8, 4) is 5.75 Å². The summed E-state index contributed by atoms with van der Waals surface area (Å²) in [5.74, 6) is -1.07. The first-order valence-electron chi connectivity index (χ1n) is 6.05. The number of ether oxygens (including phenoxy) is 1. The third-order valence-electron chi connectivity index (χ3n) is 2.87. The summed E-state index contributed by atoms with van der Waals surface area (Å²) in [6, 6.07) is 10.3. The van der Waals surface area contributed by atoms with Crippen LogP contribution in [0.2, 0.25) is 0 Å². The van der Waals surface area contributed by atoms with Crippen LogP contribution in [0.15, 0.2) is 42.5 Å². The average molecular weight is 263 g/mol.